The van der Waals surface area contributed by atoms with Crippen LogP contribution in [0.2, 0.25) is 0 Å². The quantitative estimate of drug-likeness (QED) is 0.187. The Balaban J connectivity index is 1.62. The summed E-state index contributed by atoms with van der Waals surface area (Å²) in [5.41, 5.74) is 0.0715. The molecule has 4 atom stereocenters. The minimum absolute atomic E-state index is 0.134. The fourth-order valence-electron chi connectivity index (χ4n) is 5.11. The number of alkyl halides is 4. The van der Waals surface area contributed by atoms with E-state index in [1.165, 1.54) is 18.2 Å². The van der Waals surface area contributed by atoms with E-state index in [0.29, 0.717) is 10.6 Å². The lowest BCUT2D eigenvalue weighted by Crippen LogP contribution is -2.55. The summed E-state index contributed by atoms with van der Waals surface area (Å²) in [6.07, 6.45) is 0. The fraction of sp³-hybridized carbons (Fsp3) is 0.261. The third-order valence-electron chi connectivity index (χ3n) is 6.84. The first-order valence-electron chi connectivity index (χ1n) is 10.6. The molecule has 2 aliphatic carbocycles. The smallest absolute Gasteiger partial charge is 0.272 e. The molecule has 192 valence electrons. The van der Waals surface area contributed by atoms with Crippen LogP contribution in [-0.2, 0) is 16.1 Å². The van der Waals surface area contributed by atoms with Gasteiger partial charge >= 0.3 is 0 Å². The lowest BCUT2D eigenvalue weighted by Gasteiger charge is -2.37. The predicted octanol–water partition coefficient (Wildman–Crippen LogP) is 5.60. The van der Waals surface area contributed by atoms with E-state index < -0.39 is 48.6 Å². The first-order valence-corrected chi connectivity index (χ1v) is 12.9. The number of amides is 3. The van der Waals surface area contributed by atoms with Crippen molar-refractivity contribution in [2.24, 2.45) is 11.8 Å². The van der Waals surface area contributed by atoms with Gasteiger partial charge in [0, 0.05) is 17.7 Å². The van der Waals surface area contributed by atoms with Crippen molar-refractivity contribution in [2.45, 2.75) is 20.6 Å². The molecule has 0 aromatic heterocycles. The van der Waals surface area contributed by atoms with E-state index in [-0.39, 0.29) is 27.9 Å². The van der Waals surface area contributed by atoms with Gasteiger partial charge in [-0.1, -0.05) is 82.8 Å². The summed E-state index contributed by atoms with van der Waals surface area (Å²) >= 11 is 39.3. The number of allylic oxidation sites excluding steroid dienone is 2. The van der Waals surface area contributed by atoms with Crippen LogP contribution in [0.3, 0.4) is 0 Å². The first kappa shape index (κ1) is 26.5. The zero-order valence-electron chi connectivity index (χ0n) is 18.2. The summed E-state index contributed by atoms with van der Waals surface area (Å²) in [5.74, 6) is -5.59. The molecule has 2 aromatic carbocycles. The highest BCUT2D eigenvalue weighted by Gasteiger charge is 2.88. The summed E-state index contributed by atoms with van der Waals surface area (Å²) in [7, 11) is 0. The Morgan fingerprint density at radius 1 is 0.919 bits per heavy atom. The molecule has 2 fully saturated rings. The Hall–Kier alpha value is -2.07. The van der Waals surface area contributed by atoms with Gasteiger partial charge in [-0.25, -0.2) is 5.01 Å². The number of hydrogen-bond acceptors (Lipinski definition) is 5. The van der Waals surface area contributed by atoms with Crippen molar-refractivity contribution in [3.8, 4) is 0 Å². The van der Waals surface area contributed by atoms with Crippen molar-refractivity contribution in [1.82, 2.24) is 10.0 Å². The summed E-state index contributed by atoms with van der Waals surface area (Å²) in [5, 5.41) is 12.3. The normalized spacial score (nSPS) is 29.6. The molecule has 1 heterocycles. The highest BCUT2D eigenvalue weighted by Crippen LogP contribution is 2.77. The van der Waals surface area contributed by atoms with E-state index in [2.05, 4.69) is 0 Å². The average Bonchev–Trinajstić information content (AvgIpc) is 3.26. The van der Waals surface area contributed by atoms with Gasteiger partial charge < -0.3 is 0 Å². The number of fused-ring (bicyclic) bond motifs is 5. The van der Waals surface area contributed by atoms with Crippen molar-refractivity contribution in [3.05, 3.63) is 85.9 Å². The largest absolute Gasteiger partial charge is 0.273 e. The van der Waals surface area contributed by atoms with Gasteiger partial charge in [-0.3, -0.25) is 24.5 Å². The van der Waals surface area contributed by atoms with E-state index >= 15 is 0 Å². The number of non-ortho nitro benzene ring substituents is 1. The SMILES string of the molecule is O=C(c1cccc([N+](=O)[O-])c1)N(Cc1ccccc1)N1C(=O)[C@H]2[C@H](C1=O)[C@@]1(Cl)C(Cl)=C(Cl)[C@@]2(Cl)C1(Cl)Cl. The maximum absolute atomic E-state index is 13.8. The Kier molecular flexibility index (Phi) is 6.26. The molecule has 1 aliphatic heterocycles. The first-order chi connectivity index (χ1) is 17.3. The molecule has 0 N–H and O–H groups in total. The van der Waals surface area contributed by atoms with E-state index in [1.807, 2.05) is 0 Å². The molecule has 8 nitrogen and oxygen atoms in total. The number of hydrazine groups is 1. The summed E-state index contributed by atoms with van der Waals surface area (Å²) in [6, 6.07) is 13.4. The molecule has 2 aromatic rings. The minimum atomic E-state index is -2.13. The molecule has 0 radical (unpaired) electrons. The van der Waals surface area contributed by atoms with Crippen molar-refractivity contribution in [3.63, 3.8) is 0 Å². The van der Waals surface area contributed by atoms with E-state index in [1.54, 1.807) is 30.3 Å². The molecule has 1 saturated heterocycles. The predicted molar refractivity (Wildman–Crippen MR) is 139 cm³/mol. The van der Waals surface area contributed by atoms with Gasteiger partial charge in [-0.05, 0) is 11.6 Å². The number of nitro groups is 1. The number of hydrogen-bond donors (Lipinski definition) is 0. The van der Waals surface area contributed by atoms with Crippen LogP contribution in [0.1, 0.15) is 15.9 Å². The van der Waals surface area contributed by atoms with Crippen LogP contribution in [-0.4, -0.2) is 46.7 Å². The number of nitro benzene ring substituents is 1. The van der Waals surface area contributed by atoms with Crippen molar-refractivity contribution >= 4 is 93.0 Å². The summed E-state index contributed by atoms with van der Waals surface area (Å²) < 4.78 is -2.13. The van der Waals surface area contributed by atoms with Gasteiger partial charge in [0.05, 0.1) is 33.4 Å². The second kappa shape index (κ2) is 8.73. The lowest BCUT2D eigenvalue weighted by atomic mass is 9.84. The number of nitrogens with zero attached hydrogens (tertiary/aromatic N) is 3. The molecule has 14 heteroatoms. The molecule has 1 saturated carbocycles. The number of rotatable bonds is 5. The van der Waals surface area contributed by atoms with Crippen LogP contribution in [0.25, 0.3) is 0 Å². The van der Waals surface area contributed by atoms with E-state index in [0.717, 1.165) is 11.1 Å². The molecule has 37 heavy (non-hydrogen) atoms. The van der Waals surface area contributed by atoms with Crippen LogP contribution in [0.5, 0.6) is 0 Å². The molecule has 0 spiro atoms. The fourth-order valence-corrected chi connectivity index (χ4v) is 8.04. The van der Waals surface area contributed by atoms with Crippen molar-refractivity contribution < 1.29 is 19.3 Å². The molecule has 3 aliphatic rings. The van der Waals surface area contributed by atoms with Crippen LogP contribution in [0.15, 0.2) is 64.7 Å². The van der Waals surface area contributed by atoms with Gasteiger partial charge in [-0.15, -0.1) is 23.2 Å². The Morgan fingerprint density at radius 3 is 1.97 bits per heavy atom. The Morgan fingerprint density at radius 2 is 1.46 bits per heavy atom. The topological polar surface area (TPSA) is 101 Å². The highest BCUT2D eigenvalue weighted by atomic mass is 35.5. The number of benzene rings is 2. The van der Waals surface area contributed by atoms with E-state index in [4.69, 9.17) is 69.6 Å². The van der Waals surface area contributed by atoms with Crippen molar-refractivity contribution in [1.29, 1.82) is 0 Å². The van der Waals surface area contributed by atoms with Gasteiger partial charge in [0.1, 0.15) is 9.75 Å². The molecular formula is C23H13Cl6N3O5. The molecule has 5 rings (SSSR count). The summed E-state index contributed by atoms with van der Waals surface area (Å²) in [6.45, 7) is -0.244. The van der Waals surface area contributed by atoms with Gasteiger partial charge in [0.2, 0.25) is 0 Å². The molecule has 0 unspecified atom stereocenters. The van der Waals surface area contributed by atoms with E-state index in [9.17, 15) is 24.5 Å². The minimum Gasteiger partial charge on any atom is -0.272 e. The van der Waals surface area contributed by atoms with Crippen LogP contribution < -0.4 is 0 Å². The standard InChI is InChI=1S/C23H13Cl6N3O5/c24-16-17(25)22(27)15-14(21(16,26)23(22,28)29)19(34)31(20(15)35)30(10-11-5-2-1-3-6-11)18(33)12-7-4-8-13(9-12)32(36)37/h1-9,14-15H,10H2/t14-,15-,21-,22-/m1/s1. The maximum atomic E-state index is 13.8. The van der Waals surface area contributed by atoms with Crippen LogP contribution in [0, 0.1) is 22.0 Å². The molecule has 3 amide bonds. The zero-order valence-corrected chi connectivity index (χ0v) is 22.7. The number of halogens is 6. The zero-order chi connectivity index (χ0) is 27.1. The average molecular weight is 624 g/mol. The van der Waals surface area contributed by atoms with Crippen LogP contribution in [0.4, 0.5) is 5.69 Å². The Bertz CT molecular complexity index is 1370. The van der Waals surface area contributed by atoms with Crippen molar-refractivity contribution in [2.75, 3.05) is 0 Å². The number of imide groups is 1. The van der Waals surface area contributed by atoms with Gasteiger partial charge in [0.25, 0.3) is 23.4 Å². The molecule has 2 bridgehead atoms. The lowest BCUT2D eigenvalue weighted by molar-refractivity contribution is -0.384. The number of carbonyl (C=O) groups is 3. The second-order valence-electron chi connectivity index (χ2n) is 8.73. The van der Waals surface area contributed by atoms with Gasteiger partial charge in [0.15, 0.2) is 4.33 Å². The summed E-state index contributed by atoms with van der Waals surface area (Å²) in [4.78, 5) is 47.9. The monoisotopic (exact) mass is 621 g/mol. The highest BCUT2D eigenvalue weighted by molar-refractivity contribution is 6.66. The third kappa shape index (κ3) is 3.33. The number of carbonyl (C=O) groups excluding carboxylic acids is 3. The van der Waals surface area contributed by atoms with Crippen LogP contribution >= 0.6 is 69.6 Å². The maximum Gasteiger partial charge on any atom is 0.273 e. The molecular weight excluding hydrogens is 611 g/mol. The third-order valence-corrected chi connectivity index (χ3v) is 11.1. The van der Waals surface area contributed by atoms with Gasteiger partial charge in [-0.2, -0.15) is 5.01 Å². The Labute approximate surface area is 239 Å². The second-order valence-corrected chi connectivity index (χ2v) is 12.0.